The minimum atomic E-state index is 0.0535. The molecule has 9 aromatic carbocycles. The van der Waals surface area contributed by atoms with Gasteiger partial charge in [0.05, 0.1) is 16.7 Å². The number of fused-ring (bicyclic) bond motifs is 10. The van der Waals surface area contributed by atoms with Gasteiger partial charge in [0.1, 0.15) is 11.2 Å². The molecule has 0 spiro atoms. The average molecular weight is 851 g/mol. The first kappa shape index (κ1) is 38.6. The first-order valence-electron chi connectivity index (χ1n) is 23.1. The zero-order chi connectivity index (χ0) is 44.3. The Kier molecular flexibility index (Phi) is 8.36. The fraction of sp³-hybridized carbons (Fsp3) is 0.131. The number of para-hydroxylation sites is 1. The maximum atomic E-state index is 6.38. The van der Waals surface area contributed by atoms with E-state index in [1.54, 1.807) is 0 Å². The number of aromatic nitrogens is 4. The van der Waals surface area contributed by atoms with E-state index in [0.29, 0.717) is 17.5 Å². The van der Waals surface area contributed by atoms with Crippen molar-refractivity contribution in [3.8, 4) is 51.0 Å². The zero-order valence-corrected chi connectivity index (χ0v) is 37.4. The lowest BCUT2D eigenvalue weighted by molar-refractivity contribution is 0.332. The highest BCUT2D eigenvalue weighted by Gasteiger charge is 2.38. The van der Waals surface area contributed by atoms with Gasteiger partial charge in [-0.05, 0) is 99.2 Å². The third-order valence-corrected chi connectivity index (χ3v) is 14.5. The summed E-state index contributed by atoms with van der Waals surface area (Å²) in [5.41, 5.74) is 13.2. The number of hydrogen-bond donors (Lipinski definition) is 0. The Morgan fingerprint density at radius 1 is 0.409 bits per heavy atom. The molecule has 5 nitrogen and oxygen atoms in total. The molecule has 0 unspecified atom stereocenters. The minimum absolute atomic E-state index is 0.0535. The molecule has 0 saturated heterocycles. The third-order valence-electron chi connectivity index (χ3n) is 14.5. The Hall–Kier alpha value is -7.89. The molecule has 1 aliphatic carbocycles. The number of furan rings is 1. The van der Waals surface area contributed by atoms with Crippen LogP contribution in [0.4, 0.5) is 0 Å². The van der Waals surface area contributed by atoms with Crippen LogP contribution in [0.5, 0.6) is 0 Å². The van der Waals surface area contributed by atoms with Gasteiger partial charge in [-0.15, -0.1) is 0 Å². The summed E-state index contributed by atoms with van der Waals surface area (Å²) in [6.07, 6.45) is 2.32. The summed E-state index contributed by atoms with van der Waals surface area (Å²) in [6.45, 7) is 9.68. The van der Waals surface area contributed by atoms with Crippen LogP contribution in [0.2, 0.25) is 0 Å². The molecule has 5 heteroatoms. The largest absolute Gasteiger partial charge is 0.456 e. The van der Waals surface area contributed by atoms with E-state index >= 15 is 0 Å². The number of hydrogen-bond acceptors (Lipinski definition) is 4. The Balaban J connectivity index is 1.06. The van der Waals surface area contributed by atoms with Crippen molar-refractivity contribution in [3.63, 3.8) is 0 Å². The van der Waals surface area contributed by atoms with Crippen LogP contribution in [0.3, 0.4) is 0 Å². The summed E-state index contributed by atoms with van der Waals surface area (Å²) < 4.78 is 8.92. The smallest absolute Gasteiger partial charge is 0.164 e. The molecule has 0 saturated carbocycles. The summed E-state index contributed by atoms with van der Waals surface area (Å²) >= 11 is 0. The average Bonchev–Trinajstić information content (AvgIpc) is 3.90. The standard InChI is InChI=1S/C61H46N4O/c1-60(2)31-32-61(3,4)51-36-53-49(35-50(51)60)47-30-27-38-17-8-9-20-42(38)56(47)65(53)52-25-14-22-43-44(52)23-13-24-48(43)59-63-57(40-19-12-18-39(33-40)37-15-6-5-7-16-37)62-58(64-59)41-28-29-46-45-21-10-11-26-54(45)66-55(46)34-41/h5-30,33-36H,31-32H2,1-4H3. The van der Waals surface area contributed by atoms with E-state index in [9.17, 15) is 0 Å². The van der Waals surface area contributed by atoms with Crippen molar-refractivity contribution in [2.75, 3.05) is 0 Å². The van der Waals surface area contributed by atoms with Gasteiger partial charge < -0.3 is 8.98 Å². The maximum Gasteiger partial charge on any atom is 0.164 e. The van der Waals surface area contributed by atoms with Gasteiger partial charge in [-0.3, -0.25) is 0 Å². The lowest BCUT2D eigenvalue weighted by atomic mass is 9.63. The lowest BCUT2D eigenvalue weighted by Crippen LogP contribution is -2.33. The first-order valence-corrected chi connectivity index (χ1v) is 23.1. The zero-order valence-electron chi connectivity index (χ0n) is 37.4. The molecule has 0 N–H and O–H groups in total. The van der Waals surface area contributed by atoms with Crippen molar-refractivity contribution in [3.05, 3.63) is 193 Å². The van der Waals surface area contributed by atoms with Gasteiger partial charge in [-0.25, -0.2) is 15.0 Å². The second-order valence-corrected chi connectivity index (χ2v) is 19.4. The molecule has 12 aromatic rings. The number of rotatable bonds is 5. The SMILES string of the molecule is CC1(C)CCC(C)(C)c2cc3c(cc21)c1ccc2ccccc2c1n3-c1cccc2c(-c3nc(-c4cccc(-c5ccccc5)c4)nc(-c4ccc5c(c4)oc4ccccc45)n3)cccc12. The van der Waals surface area contributed by atoms with Crippen LogP contribution >= 0.6 is 0 Å². The normalized spacial score (nSPS) is 14.5. The van der Waals surface area contributed by atoms with Crippen molar-refractivity contribution >= 4 is 65.3 Å². The van der Waals surface area contributed by atoms with E-state index < -0.39 is 0 Å². The molecule has 0 radical (unpaired) electrons. The third kappa shape index (κ3) is 5.96. The van der Waals surface area contributed by atoms with Crippen LogP contribution < -0.4 is 0 Å². The fourth-order valence-corrected chi connectivity index (χ4v) is 10.9. The van der Waals surface area contributed by atoms with Gasteiger partial charge in [0.25, 0.3) is 0 Å². The molecule has 1 aliphatic rings. The van der Waals surface area contributed by atoms with Crippen molar-refractivity contribution in [2.24, 2.45) is 0 Å². The van der Waals surface area contributed by atoms with Gasteiger partial charge in [-0.1, -0.05) is 167 Å². The maximum absolute atomic E-state index is 6.38. The van der Waals surface area contributed by atoms with Crippen LogP contribution in [0, 0.1) is 0 Å². The molecule has 0 atom stereocenters. The van der Waals surface area contributed by atoms with Gasteiger partial charge >= 0.3 is 0 Å². The summed E-state index contributed by atoms with van der Waals surface area (Å²) in [7, 11) is 0. The minimum Gasteiger partial charge on any atom is -0.456 e. The summed E-state index contributed by atoms with van der Waals surface area (Å²) in [5.74, 6) is 1.80. The van der Waals surface area contributed by atoms with Crippen LogP contribution in [-0.4, -0.2) is 19.5 Å². The van der Waals surface area contributed by atoms with Crippen molar-refractivity contribution in [1.29, 1.82) is 0 Å². The molecule has 0 fully saturated rings. The van der Waals surface area contributed by atoms with Gasteiger partial charge in [0.15, 0.2) is 17.5 Å². The second kappa shape index (κ2) is 14.3. The van der Waals surface area contributed by atoms with E-state index in [2.05, 4.69) is 190 Å². The lowest BCUT2D eigenvalue weighted by Gasteiger charge is -2.42. The van der Waals surface area contributed by atoms with Crippen LogP contribution in [0.25, 0.3) is 116 Å². The van der Waals surface area contributed by atoms with E-state index in [-0.39, 0.29) is 10.8 Å². The highest BCUT2D eigenvalue weighted by Crippen LogP contribution is 2.49. The van der Waals surface area contributed by atoms with E-state index in [1.807, 2.05) is 24.3 Å². The van der Waals surface area contributed by atoms with Gasteiger partial charge in [0.2, 0.25) is 0 Å². The Labute approximate surface area is 383 Å². The Bertz CT molecular complexity index is 3950. The molecular weight excluding hydrogens is 805 g/mol. The van der Waals surface area contributed by atoms with E-state index in [0.717, 1.165) is 72.6 Å². The van der Waals surface area contributed by atoms with Crippen molar-refractivity contribution in [2.45, 2.75) is 51.4 Å². The van der Waals surface area contributed by atoms with Crippen molar-refractivity contribution in [1.82, 2.24) is 19.5 Å². The Morgan fingerprint density at radius 3 is 1.85 bits per heavy atom. The molecule has 0 bridgehead atoms. The molecule has 3 heterocycles. The molecule has 3 aromatic heterocycles. The van der Waals surface area contributed by atoms with Crippen LogP contribution in [0.1, 0.15) is 51.7 Å². The highest BCUT2D eigenvalue weighted by molar-refractivity contribution is 6.20. The topological polar surface area (TPSA) is 56.7 Å². The molecule has 316 valence electrons. The van der Waals surface area contributed by atoms with Gasteiger partial charge in [-0.2, -0.15) is 0 Å². The molecule has 13 rings (SSSR count). The number of nitrogens with zero attached hydrogens (tertiary/aromatic N) is 4. The van der Waals surface area contributed by atoms with Crippen LogP contribution in [0.15, 0.2) is 186 Å². The summed E-state index contributed by atoms with van der Waals surface area (Å²) in [6, 6.07) is 65.1. The fourth-order valence-electron chi connectivity index (χ4n) is 10.9. The second-order valence-electron chi connectivity index (χ2n) is 19.4. The van der Waals surface area contributed by atoms with E-state index in [4.69, 9.17) is 19.4 Å². The molecule has 0 aliphatic heterocycles. The molecule has 0 amide bonds. The molecular formula is C61H46N4O. The quantitative estimate of drug-likeness (QED) is 0.173. The summed E-state index contributed by atoms with van der Waals surface area (Å²) in [5, 5.41) is 9.36. The van der Waals surface area contributed by atoms with Crippen molar-refractivity contribution < 1.29 is 4.42 Å². The Morgan fingerprint density at radius 2 is 1.02 bits per heavy atom. The predicted molar refractivity (Wildman–Crippen MR) is 273 cm³/mol. The van der Waals surface area contributed by atoms with E-state index in [1.165, 1.54) is 50.1 Å². The van der Waals surface area contributed by atoms with Crippen LogP contribution in [-0.2, 0) is 10.8 Å². The summed E-state index contributed by atoms with van der Waals surface area (Å²) in [4.78, 5) is 15.9. The predicted octanol–water partition coefficient (Wildman–Crippen LogP) is 16.2. The van der Waals surface area contributed by atoms with Gasteiger partial charge in [0, 0.05) is 49.0 Å². The molecule has 66 heavy (non-hydrogen) atoms. The highest BCUT2D eigenvalue weighted by atomic mass is 16.3. The number of benzene rings is 9. The monoisotopic (exact) mass is 850 g/mol. The first-order chi connectivity index (χ1) is 32.2.